The number of carbonyl (C=O) groups is 1. The predicted molar refractivity (Wildman–Crippen MR) is 99.3 cm³/mol. The topological polar surface area (TPSA) is 94.0 Å². The number of halogens is 1. The van der Waals surface area contributed by atoms with E-state index in [1.165, 1.54) is 17.3 Å². The molecule has 0 atom stereocenters. The summed E-state index contributed by atoms with van der Waals surface area (Å²) in [5.41, 5.74) is 1.95. The first-order chi connectivity index (χ1) is 12.3. The number of anilines is 1. The summed E-state index contributed by atoms with van der Waals surface area (Å²) in [5.74, 6) is -0.515. The highest BCUT2D eigenvalue weighted by Gasteiger charge is 2.13. The van der Waals surface area contributed by atoms with Gasteiger partial charge in [-0.15, -0.1) is 0 Å². The van der Waals surface area contributed by atoms with Gasteiger partial charge in [0.05, 0.1) is 17.1 Å². The summed E-state index contributed by atoms with van der Waals surface area (Å²) in [4.78, 5) is 16.5. The number of nitrogens with one attached hydrogen (secondary N) is 1. The molecule has 0 spiro atoms. The third-order valence-electron chi connectivity index (χ3n) is 3.49. The largest absolute Gasteiger partial charge is 0.320 e. The van der Waals surface area contributed by atoms with Crippen LogP contribution in [0.25, 0.3) is 5.69 Å². The fourth-order valence-corrected chi connectivity index (χ4v) is 3.40. The van der Waals surface area contributed by atoms with Crippen molar-refractivity contribution in [2.24, 2.45) is 0 Å². The molecule has 9 heteroatoms. The third-order valence-corrected chi connectivity index (χ3v) is 4.58. The van der Waals surface area contributed by atoms with E-state index in [-0.39, 0.29) is 11.7 Å². The quantitative estimate of drug-likeness (QED) is 0.722. The van der Waals surface area contributed by atoms with Gasteiger partial charge in [-0.2, -0.15) is 5.10 Å². The Kier molecular flexibility index (Phi) is 5.06. The summed E-state index contributed by atoms with van der Waals surface area (Å²) in [6, 6.07) is 11.5. The molecule has 0 aliphatic heterocycles. The van der Waals surface area contributed by atoms with Crippen molar-refractivity contribution in [1.82, 2.24) is 14.8 Å². The number of amides is 1. The SMILES string of the molecule is CS(=O)(=O)Cc1cccc(C(=O)Nc2cc(Cl)ccc2-n2cncn2)c1. The summed E-state index contributed by atoms with van der Waals surface area (Å²) >= 11 is 6.04. The minimum Gasteiger partial charge on any atom is -0.320 e. The molecule has 26 heavy (non-hydrogen) atoms. The molecule has 0 unspecified atom stereocenters. The minimum absolute atomic E-state index is 0.129. The summed E-state index contributed by atoms with van der Waals surface area (Å²) in [6.45, 7) is 0. The number of sulfone groups is 1. The zero-order chi connectivity index (χ0) is 18.7. The van der Waals surface area contributed by atoms with Crippen LogP contribution in [-0.4, -0.2) is 35.3 Å². The first-order valence-electron chi connectivity index (χ1n) is 7.54. The van der Waals surface area contributed by atoms with Crippen LogP contribution in [0.15, 0.2) is 55.1 Å². The summed E-state index contributed by atoms with van der Waals surface area (Å²) in [6.07, 6.45) is 4.04. The molecule has 0 saturated heterocycles. The summed E-state index contributed by atoms with van der Waals surface area (Å²) in [7, 11) is -3.19. The van der Waals surface area contributed by atoms with E-state index in [0.717, 1.165) is 6.26 Å². The number of nitrogens with zero attached hydrogens (tertiary/aromatic N) is 3. The zero-order valence-electron chi connectivity index (χ0n) is 13.8. The second-order valence-corrected chi connectivity index (χ2v) is 8.30. The number of aromatic nitrogens is 3. The van der Waals surface area contributed by atoms with Crippen LogP contribution in [0.5, 0.6) is 0 Å². The van der Waals surface area contributed by atoms with E-state index < -0.39 is 9.84 Å². The molecule has 0 radical (unpaired) electrons. The molecule has 7 nitrogen and oxygen atoms in total. The first kappa shape index (κ1) is 18.1. The molecular weight excluding hydrogens is 376 g/mol. The van der Waals surface area contributed by atoms with Gasteiger partial charge in [-0.05, 0) is 35.9 Å². The van der Waals surface area contributed by atoms with Gasteiger partial charge in [-0.3, -0.25) is 4.79 Å². The van der Waals surface area contributed by atoms with Crippen molar-refractivity contribution < 1.29 is 13.2 Å². The first-order valence-corrected chi connectivity index (χ1v) is 9.98. The maximum atomic E-state index is 12.6. The van der Waals surface area contributed by atoms with Crippen molar-refractivity contribution in [3.05, 3.63) is 71.3 Å². The standard InChI is InChI=1S/C17H15ClN4O3S/c1-26(24,25)9-12-3-2-4-13(7-12)17(23)21-15-8-14(18)5-6-16(15)22-11-19-10-20-22/h2-8,10-11H,9H2,1H3,(H,21,23). The predicted octanol–water partition coefficient (Wildman–Crippen LogP) is 2.72. The van der Waals surface area contributed by atoms with Crippen LogP contribution in [0.4, 0.5) is 5.69 Å². The van der Waals surface area contributed by atoms with Crippen molar-refractivity contribution in [2.45, 2.75) is 5.75 Å². The average molecular weight is 391 g/mol. The van der Waals surface area contributed by atoms with Gasteiger partial charge in [-0.25, -0.2) is 18.1 Å². The van der Waals surface area contributed by atoms with Crippen molar-refractivity contribution in [3.8, 4) is 5.69 Å². The highest BCUT2D eigenvalue weighted by Crippen LogP contribution is 2.24. The highest BCUT2D eigenvalue weighted by atomic mass is 35.5. The smallest absolute Gasteiger partial charge is 0.255 e. The van der Waals surface area contributed by atoms with Gasteiger partial charge >= 0.3 is 0 Å². The van der Waals surface area contributed by atoms with Crippen LogP contribution >= 0.6 is 11.6 Å². The Morgan fingerprint density at radius 3 is 2.73 bits per heavy atom. The van der Waals surface area contributed by atoms with Gasteiger partial charge in [0.2, 0.25) is 0 Å². The normalized spacial score (nSPS) is 11.3. The molecule has 1 heterocycles. The van der Waals surface area contributed by atoms with Crippen LogP contribution in [0, 0.1) is 0 Å². The van der Waals surface area contributed by atoms with E-state index in [1.807, 2.05) is 0 Å². The molecule has 2 aromatic carbocycles. The van der Waals surface area contributed by atoms with E-state index in [0.29, 0.717) is 27.5 Å². The molecule has 0 aliphatic rings. The van der Waals surface area contributed by atoms with Crippen LogP contribution in [0.1, 0.15) is 15.9 Å². The van der Waals surface area contributed by atoms with Crippen LogP contribution in [0.2, 0.25) is 5.02 Å². The Morgan fingerprint density at radius 2 is 2.04 bits per heavy atom. The molecule has 0 aliphatic carbocycles. The maximum absolute atomic E-state index is 12.6. The molecule has 3 aromatic rings. The molecule has 3 rings (SSSR count). The average Bonchev–Trinajstić information content (AvgIpc) is 3.08. The molecule has 1 amide bonds. The monoisotopic (exact) mass is 390 g/mol. The molecule has 0 saturated carbocycles. The van der Waals surface area contributed by atoms with Crippen LogP contribution < -0.4 is 5.32 Å². The van der Waals surface area contributed by atoms with Gasteiger partial charge in [0.25, 0.3) is 5.91 Å². The lowest BCUT2D eigenvalue weighted by Gasteiger charge is -2.12. The van der Waals surface area contributed by atoms with E-state index in [1.54, 1.807) is 42.5 Å². The Balaban J connectivity index is 1.89. The van der Waals surface area contributed by atoms with Crippen LogP contribution in [-0.2, 0) is 15.6 Å². The zero-order valence-corrected chi connectivity index (χ0v) is 15.3. The molecular formula is C17H15ClN4O3S. The van der Waals surface area contributed by atoms with Crippen LogP contribution in [0.3, 0.4) is 0 Å². The fourth-order valence-electron chi connectivity index (χ4n) is 2.44. The Hall–Kier alpha value is -2.71. The Morgan fingerprint density at radius 1 is 1.23 bits per heavy atom. The van der Waals surface area contributed by atoms with Gasteiger partial charge in [0.1, 0.15) is 12.7 Å². The summed E-state index contributed by atoms with van der Waals surface area (Å²) in [5, 5.41) is 7.29. The van der Waals surface area contributed by atoms with Gasteiger partial charge < -0.3 is 5.32 Å². The highest BCUT2D eigenvalue weighted by molar-refractivity contribution is 7.89. The molecule has 134 valence electrons. The molecule has 1 aromatic heterocycles. The lowest BCUT2D eigenvalue weighted by molar-refractivity contribution is 0.102. The molecule has 0 bridgehead atoms. The van der Waals surface area contributed by atoms with E-state index in [4.69, 9.17) is 11.6 Å². The maximum Gasteiger partial charge on any atom is 0.255 e. The van der Waals surface area contributed by atoms with Crippen molar-refractivity contribution in [1.29, 1.82) is 0 Å². The Bertz CT molecular complexity index is 1050. The van der Waals surface area contributed by atoms with Crippen molar-refractivity contribution >= 4 is 33.0 Å². The molecule has 1 N–H and O–H groups in total. The van der Waals surface area contributed by atoms with Gasteiger partial charge in [-0.1, -0.05) is 23.7 Å². The number of hydrogen-bond acceptors (Lipinski definition) is 5. The second-order valence-electron chi connectivity index (χ2n) is 5.73. The minimum atomic E-state index is -3.19. The fraction of sp³-hybridized carbons (Fsp3) is 0.118. The lowest BCUT2D eigenvalue weighted by Crippen LogP contribution is -2.14. The molecule has 0 fully saturated rings. The number of benzene rings is 2. The summed E-state index contributed by atoms with van der Waals surface area (Å²) < 4.78 is 24.4. The third kappa shape index (κ3) is 4.47. The van der Waals surface area contributed by atoms with E-state index in [9.17, 15) is 13.2 Å². The second kappa shape index (κ2) is 7.27. The van der Waals surface area contributed by atoms with Gasteiger partial charge in [0, 0.05) is 16.8 Å². The number of rotatable bonds is 5. The van der Waals surface area contributed by atoms with E-state index >= 15 is 0 Å². The number of carbonyl (C=O) groups excluding carboxylic acids is 1. The van der Waals surface area contributed by atoms with Crippen molar-refractivity contribution in [2.75, 3.05) is 11.6 Å². The van der Waals surface area contributed by atoms with Crippen molar-refractivity contribution in [3.63, 3.8) is 0 Å². The van der Waals surface area contributed by atoms with Gasteiger partial charge in [0.15, 0.2) is 9.84 Å². The lowest BCUT2D eigenvalue weighted by atomic mass is 10.1. The Labute approximate surface area is 155 Å². The number of hydrogen-bond donors (Lipinski definition) is 1. The van der Waals surface area contributed by atoms with E-state index in [2.05, 4.69) is 15.4 Å².